The van der Waals surface area contributed by atoms with Gasteiger partial charge >= 0.3 is 5.97 Å². The van der Waals surface area contributed by atoms with Crippen LogP contribution < -0.4 is 5.32 Å². The monoisotopic (exact) mass is 337 g/mol. The molecule has 0 radical (unpaired) electrons. The molecule has 1 aromatic rings. The molecule has 24 heavy (non-hydrogen) atoms. The van der Waals surface area contributed by atoms with Gasteiger partial charge in [0.25, 0.3) is 0 Å². The first kappa shape index (κ1) is 16.5. The summed E-state index contributed by atoms with van der Waals surface area (Å²) in [6.45, 7) is -0.696. The summed E-state index contributed by atoms with van der Waals surface area (Å²) in [6, 6.07) is 5.08. The molecule has 2 heterocycles. The van der Waals surface area contributed by atoms with Crippen molar-refractivity contribution in [3.05, 3.63) is 35.6 Å². The summed E-state index contributed by atoms with van der Waals surface area (Å²) in [5.74, 6) is -4.45. The number of amides is 2. The zero-order chi connectivity index (χ0) is 17.6. The maximum Gasteiger partial charge on any atom is 0.371 e. The summed E-state index contributed by atoms with van der Waals surface area (Å²) in [4.78, 5) is 38.3. The number of esters is 1. The highest BCUT2D eigenvalue weighted by Gasteiger charge is 2.72. The fraction of sp³-hybridized carbons (Fsp3) is 0.438. The number of halogens is 1. The minimum absolute atomic E-state index is 0.211. The maximum atomic E-state index is 14.3. The Morgan fingerprint density at radius 2 is 2.04 bits per heavy atom. The van der Waals surface area contributed by atoms with E-state index in [9.17, 15) is 23.9 Å². The van der Waals surface area contributed by atoms with E-state index in [4.69, 9.17) is 4.74 Å². The quantitative estimate of drug-likeness (QED) is 0.521. The number of fused-ring (bicyclic) bond motifs is 1. The third-order valence-electron chi connectivity index (χ3n) is 5.08. The topological polar surface area (TPSA) is 101 Å². The summed E-state index contributed by atoms with van der Waals surface area (Å²) in [6.07, 6.45) is 0. The van der Waals surface area contributed by atoms with Gasteiger partial charge in [0.1, 0.15) is 30.3 Å². The van der Waals surface area contributed by atoms with Crippen molar-refractivity contribution in [3.63, 3.8) is 0 Å². The van der Waals surface area contributed by atoms with Crippen LogP contribution >= 0.6 is 0 Å². The van der Waals surface area contributed by atoms with Gasteiger partial charge in [0.2, 0.25) is 17.4 Å². The van der Waals surface area contributed by atoms with Gasteiger partial charge in [-0.25, -0.2) is 9.18 Å². The average Bonchev–Trinajstić information content (AvgIpc) is 3.05. The Labute approximate surface area is 137 Å². The van der Waals surface area contributed by atoms with Crippen molar-refractivity contribution < 1.29 is 33.9 Å². The van der Waals surface area contributed by atoms with E-state index in [2.05, 4.69) is 0 Å². The van der Waals surface area contributed by atoms with Gasteiger partial charge in [-0.2, -0.15) is 0 Å². The van der Waals surface area contributed by atoms with Crippen molar-refractivity contribution in [2.45, 2.75) is 11.6 Å². The molecule has 4 atom stereocenters. The Balaban J connectivity index is 2.17. The van der Waals surface area contributed by atoms with Crippen molar-refractivity contribution in [2.75, 3.05) is 20.8 Å². The molecule has 2 amide bonds. The van der Waals surface area contributed by atoms with Crippen LogP contribution in [-0.2, 0) is 19.1 Å². The summed E-state index contributed by atoms with van der Waals surface area (Å²) in [5, 5.41) is 11.3. The number of rotatable bonds is 3. The number of likely N-dealkylation sites (tertiary alicyclic amines) is 1. The third kappa shape index (κ3) is 1.99. The van der Waals surface area contributed by atoms with Crippen molar-refractivity contribution in [1.29, 1.82) is 0 Å². The Bertz CT molecular complexity index is 724. The number of aliphatic hydroxyl groups is 1. The first-order valence-corrected chi connectivity index (χ1v) is 7.50. The molecular formula is C16H18FN2O5+. The molecule has 0 spiro atoms. The number of aliphatic hydroxyl groups excluding tert-OH is 1. The van der Waals surface area contributed by atoms with E-state index < -0.39 is 53.6 Å². The zero-order valence-corrected chi connectivity index (χ0v) is 13.2. The Kier molecular flexibility index (Phi) is 3.89. The number of carbonyl (C=O) groups is 3. The van der Waals surface area contributed by atoms with Gasteiger partial charge in [-0.15, -0.1) is 0 Å². The second kappa shape index (κ2) is 5.64. The Morgan fingerprint density at radius 3 is 2.62 bits per heavy atom. The van der Waals surface area contributed by atoms with Gasteiger partial charge in [-0.1, -0.05) is 18.2 Å². The number of nitrogens with zero attached hydrogens (tertiary/aromatic N) is 1. The molecule has 2 saturated heterocycles. The normalized spacial score (nSPS) is 32.2. The van der Waals surface area contributed by atoms with Crippen LogP contribution in [0.25, 0.3) is 0 Å². The first-order chi connectivity index (χ1) is 11.4. The molecule has 0 saturated carbocycles. The molecule has 3 rings (SSSR count). The Morgan fingerprint density at radius 1 is 1.38 bits per heavy atom. The largest absolute Gasteiger partial charge is 0.464 e. The van der Waals surface area contributed by atoms with Crippen LogP contribution in [0.2, 0.25) is 0 Å². The summed E-state index contributed by atoms with van der Waals surface area (Å²) < 4.78 is 19.0. The van der Waals surface area contributed by atoms with Crippen LogP contribution in [0.15, 0.2) is 24.3 Å². The fourth-order valence-corrected chi connectivity index (χ4v) is 3.90. The smallest absolute Gasteiger partial charge is 0.371 e. The minimum Gasteiger partial charge on any atom is -0.464 e. The van der Waals surface area contributed by atoms with Crippen molar-refractivity contribution >= 4 is 17.8 Å². The standard InChI is InChI=1S/C16H17FN2O5/c1-19-13(21)10-11(14(19)22)16(7-20,15(23)24-2)18-12(10)8-5-3-4-6-9(8)17/h3-6,10-12,18,20H,7H2,1-2H3/p+1/t10-,11+,12-,16+/m0/s1. The lowest BCUT2D eigenvalue weighted by Gasteiger charge is -2.26. The molecule has 2 fully saturated rings. The van der Waals surface area contributed by atoms with E-state index in [1.54, 1.807) is 6.07 Å². The molecule has 0 aliphatic carbocycles. The number of methoxy groups -OCH3 is 1. The lowest BCUT2D eigenvalue weighted by atomic mass is 9.79. The van der Waals surface area contributed by atoms with E-state index in [-0.39, 0.29) is 5.56 Å². The fourth-order valence-electron chi connectivity index (χ4n) is 3.90. The molecule has 2 aliphatic rings. The number of ether oxygens (including phenoxy) is 1. The second-order valence-corrected chi connectivity index (χ2v) is 6.14. The summed E-state index contributed by atoms with van der Waals surface area (Å²) in [5.41, 5.74) is -1.45. The van der Waals surface area contributed by atoms with Crippen LogP contribution in [0.5, 0.6) is 0 Å². The Hall–Kier alpha value is -2.32. The van der Waals surface area contributed by atoms with Gasteiger partial charge in [0.05, 0.1) is 7.11 Å². The molecule has 0 unspecified atom stereocenters. The van der Waals surface area contributed by atoms with Gasteiger partial charge < -0.3 is 15.2 Å². The number of hydrogen-bond acceptors (Lipinski definition) is 5. The number of imide groups is 1. The van der Waals surface area contributed by atoms with Crippen molar-refractivity contribution in [2.24, 2.45) is 11.8 Å². The van der Waals surface area contributed by atoms with Crippen LogP contribution in [0, 0.1) is 17.7 Å². The molecule has 3 N–H and O–H groups in total. The molecule has 128 valence electrons. The van der Waals surface area contributed by atoms with E-state index >= 15 is 0 Å². The zero-order valence-electron chi connectivity index (χ0n) is 13.2. The van der Waals surface area contributed by atoms with E-state index in [1.807, 2.05) is 0 Å². The van der Waals surface area contributed by atoms with Gasteiger partial charge in [0, 0.05) is 12.6 Å². The SMILES string of the molecule is COC(=O)[C@]1(CO)[NH2+][C@@H](c2ccccc2F)[C@H]2C(=O)N(C)C(=O)[C@@H]21. The summed E-state index contributed by atoms with van der Waals surface area (Å²) >= 11 is 0. The van der Waals surface area contributed by atoms with Crippen LogP contribution in [0.1, 0.15) is 11.6 Å². The molecule has 2 aliphatic heterocycles. The average molecular weight is 337 g/mol. The highest BCUT2D eigenvalue weighted by molar-refractivity contribution is 6.08. The minimum atomic E-state index is -1.66. The van der Waals surface area contributed by atoms with Gasteiger partial charge in [0.15, 0.2) is 0 Å². The number of benzene rings is 1. The van der Waals surface area contributed by atoms with E-state index in [0.29, 0.717) is 0 Å². The van der Waals surface area contributed by atoms with Gasteiger partial charge in [-0.05, 0) is 6.07 Å². The number of carbonyl (C=O) groups excluding carboxylic acids is 3. The van der Waals surface area contributed by atoms with Crippen molar-refractivity contribution in [1.82, 2.24) is 4.90 Å². The predicted octanol–water partition coefficient (Wildman–Crippen LogP) is -1.42. The van der Waals surface area contributed by atoms with Crippen molar-refractivity contribution in [3.8, 4) is 0 Å². The highest BCUT2D eigenvalue weighted by Crippen LogP contribution is 2.44. The summed E-state index contributed by atoms with van der Waals surface area (Å²) in [7, 11) is 2.46. The number of quaternary nitrogens is 1. The number of hydrogen-bond donors (Lipinski definition) is 2. The van der Waals surface area contributed by atoms with Crippen LogP contribution in [-0.4, -0.2) is 54.1 Å². The van der Waals surface area contributed by atoms with Gasteiger partial charge in [-0.3, -0.25) is 14.5 Å². The van der Waals surface area contributed by atoms with Crippen LogP contribution in [0.4, 0.5) is 4.39 Å². The maximum absolute atomic E-state index is 14.3. The predicted molar refractivity (Wildman–Crippen MR) is 77.7 cm³/mol. The van der Waals surface area contributed by atoms with E-state index in [0.717, 1.165) is 12.0 Å². The molecule has 8 heteroatoms. The van der Waals surface area contributed by atoms with Crippen LogP contribution in [0.3, 0.4) is 0 Å². The lowest BCUT2D eigenvalue weighted by Crippen LogP contribution is -2.99. The number of nitrogens with two attached hydrogens (primary N) is 1. The first-order valence-electron chi connectivity index (χ1n) is 7.50. The highest BCUT2D eigenvalue weighted by atomic mass is 19.1. The molecular weight excluding hydrogens is 319 g/mol. The second-order valence-electron chi connectivity index (χ2n) is 6.14. The molecule has 7 nitrogen and oxygen atoms in total. The van der Waals surface area contributed by atoms with E-state index in [1.165, 1.54) is 30.6 Å². The lowest BCUT2D eigenvalue weighted by molar-refractivity contribution is -0.735. The molecule has 1 aromatic carbocycles. The molecule has 0 bridgehead atoms. The molecule has 0 aromatic heterocycles. The third-order valence-corrected chi connectivity index (χ3v) is 5.08.